The van der Waals surface area contributed by atoms with Crippen molar-refractivity contribution in [3.05, 3.63) is 47.9 Å². The Morgan fingerprint density at radius 2 is 2.05 bits per heavy atom. The van der Waals surface area contributed by atoms with Crippen LogP contribution in [0.2, 0.25) is 0 Å². The molecule has 0 saturated heterocycles. The van der Waals surface area contributed by atoms with Crippen molar-refractivity contribution in [3.8, 4) is 11.6 Å². The zero-order valence-electron chi connectivity index (χ0n) is 11.7. The van der Waals surface area contributed by atoms with Gasteiger partial charge in [0.2, 0.25) is 5.88 Å². The highest BCUT2D eigenvalue weighted by atomic mass is 16.5. The van der Waals surface area contributed by atoms with Crippen LogP contribution in [0.25, 0.3) is 0 Å². The average Bonchev–Trinajstić information content (AvgIpc) is 2.47. The molecule has 2 aromatic rings. The highest BCUT2D eigenvalue weighted by Gasteiger charge is 2.10. The lowest BCUT2D eigenvalue weighted by atomic mass is 10.0. The van der Waals surface area contributed by atoms with Crippen molar-refractivity contribution in [2.75, 3.05) is 7.11 Å². The van der Waals surface area contributed by atoms with Crippen molar-refractivity contribution in [1.29, 1.82) is 0 Å². The van der Waals surface area contributed by atoms with Crippen LogP contribution in [0.4, 0.5) is 0 Å². The lowest BCUT2D eigenvalue weighted by Gasteiger charge is -2.09. The molecular weight excluding hydrogens is 256 g/mol. The first-order chi connectivity index (χ1) is 9.60. The fourth-order valence-corrected chi connectivity index (χ4v) is 1.66. The van der Waals surface area contributed by atoms with Crippen LogP contribution in [-0.4, -0.2) is 23.0 Å². The standard InChI is InChI=1S/C15H16N2O3/c1-10(2)11-5-4-6-12(7-11)20-14-9-16-8-13(17-14)15(18)19-3/h4-10H,1-3H3. The minimum absolute atomic E-state index is 0.116. The highest BCUT2D eigenvalue weighted by Crippen LogP contribution is 2.23. The maximum absolute atomic E-state index is 11.4. The number of aromatic nitrogens is 2. The Balaban J connectivity index is 2.21. The predicted molar refractivity (Wildman–Crippen MR) is 74.0 cm³/mol. The molecule has 0 aliphatic carbocycles. The van der Waals surface area contributed by atoms with Crippen LogP contribution in [0, 0.1) is 0 Å². The summed E-state index contributed by atoms with van der Waals surface area (Å²) >= 11 is 0. The molecular formula is C15H16N2O3. The van der Waals surface area contributed by atoms with Crippen molar-refractivity contribution < 1.29 is 14.3 Å². The summed E-state index contributed by atoms with van der Waals surface area (Å²) in [5.74, 6) is 0.784. The lowest BCUT2D eigenvalue weighted by Crippen LogP contribution is -2.05. The number of rotatable bonds is 4. The third-order valence-electron chi connectivity index (χ3n) is 2.75. The van der Waals surface area contributed by atoms with Gasteiger partial charge in [-0.1, -0.05) is 26.0 Å². The molecule has 5 heteroatoms. The summed E-state index contributed by atoms with van der Waals surface area (Å²) in [6.07, 6.45) is 2.79. The maximum atomic E-state index is 11.4. The second-order valence-corrected chi connectivity index (χ2v) is 4.56. The summed E-state index contributed by atoms with van der Waals surface area (Å²) < 4.78 is 10.2. The molecule has 1 aromatic carbocycles. The number of hydrogen-bond donors (Lipinski definition) is 0. The second-order valence-electron chi connectivity index (χ2n) is 4.56. The number of methoxy groups -OCH3 is 1. The molecule has 1 heterocycles. The molecule has 0 radical (unpaired) electrons. The van der Waals surface area contributed by atoms with Crippen LogP contribution < -0.4 is 4.74 Å². The molecule has 20 heavy (non-hydrogen) atoms. The Bertz CT molecular complexity index is 612. The van der Waals surface area contributed by atoms with Gasteiger partial charge in [0.15, 0.2) is 5.69 Å². The summed E-state index contributed by atoms with van der Waals surface area (Å²) in [7, 11) is 1.30. The van der Waals surface area contributed by atoms with Crippen molar-refractivity contribution in [3.63, 3.8) is 0 Å². The summed E-state index contributed by atoms with van der Waals surface area (Å²) in [5.41, 5.74) is 1.28. The van der Waals surface area contributed by atoms with Crippen LogP contribution in [0.15, 0.2) is 36.7 Å². The number of hydrogen-bond acceptors (Lipinski definition) is 5. The Labute approximate surface area is 117 Å². The Kier molecular flexibility index (Phi) is 4.30. The average molecular weight is 272 g/mol. The molecule has 5 nitrogen and oxygen atoms in total. The van der Waals surface area contributed by atoms with Crippen LogP contribution in [0.5, 0.6) is 11.6 Å². The Morgan fingerprint density at radius 3 is 2.75 bits per heavy atom. The van der Waals surface area contributed by atoms with E-state index < -0.39 is 5.97 Å². The van der Waals surface area contributed by atoms with Gasteiger partial charge in [-0.25, -0.2) is 9.78 Å². The fraction of sp³-hybridized carbons (Fsp3) is 0.267. The van der Waals surface area contributed by atoms with Gasteiger partial charge < -0.3 is 9.47 Å². The molecule has 0 atom stereocenters. The van der Waals surface area contributed by atoms with E-state index in [1.807, 2.05) is 24.3 Å². The zero-order chi connectivity index (χ0) is 14.5. The summed E-state index contributed by atoms with van der Waals surface area (Å²) in [6, 6.07) is 7.73. The number of carbonyl (C=O) groups is 1. The van der Waals surface area contributed by atoms with Crippen molar-refractivity contribution >= 4 is 5.97 Å². The second kappa shape index (κ2) is 6.14. The van der Waals surface area contributed by atoms with E-state index in [1.54, 1.807) is 0 Å². The van der Waals surface area contributed by atoms with Crippen LogP contribution in [0.1, 0.15) is 35.8 Å². The van der Waals surface area contributed by atoms with E-state index in [2.05, 4.69) is 28.6 Å². The van der Waals surface area contributed by atoms with E-state index in [0.29, 0.717) is 11.7 Å². The van der Waals surface area contributed by atoms with Crippen molar-refractivity contribution in [2.24, 2.45) is 0 Å². The highest BCUT2D eigenvalue weighted by molar-refractivity contribution is 5.86. The summed E-state index contributed by atoms with van der Waals surface area (Å²) in [5, 5.41) is 0. The molecule has 2 rings (SSSR count). The molecule has 0 aliphatic heterocycles. The monoisotopic (exact) mass is 272 g/mol. The molecule has 1 aromatic heterocycles. The van der Waals surface area contributed by atoms with E-state index in [0.717, 1.165) is 0 Å². The third kappa shape index (κ3) is 3.32. The number of carbonyl (C=O) groups excluding carboxylic acids is 1. The van der Waals surface area contributed by atoms with Gasteiger partial charge in [-0.3, -0.25) is 4.98 Å². The summed E-state index contributed by atoms with van der Waals surface area (Å²) in [6.45, 7) is 4.22. The molecule has 0 spiro atoms. The van der Waals surface area contributed by atoms with Gasteiger partial charge in [0.05, 0.1) is 19.5 Å². The molecule has 0 bridgehead atoms. The summed E-state index contributed by atoms with van der Waals surface area (Å²) in [4.78, 5) is 19.4. The van der Waals surface area contributed by atoms with Crippen LogP contribution in [-0.2, 0) is 4.74 Å². The minimum atomic E-state index is -0.543. The first-order valence-corrected chi connectivity index (χ1v) is 6.28. The van der Waals surface area contributed by atoms with E-state index in [4.69, 9.17) is 4.74 Å². The third-order valence-corrected chi connectivity index (χ3v) is 2.75. The van der Waals surface area contributed by atoms with E-state index in [1.165, 1.54) is 25.1 Å². The first kappa shape index (κ1) is 14.0. The van der Waals surface area contributed by atoms with Gasteiger partial charge in [-0.15, -0.1) is 0 Å². The van der Waals surface area contributed by atoms with Gasteiger partial charge in [0.1, 0.15) is 5.75 Å². The Morgan fingerprint density at radius 1 is 1.25 bits per heavy atom. The Hall–Kier alpha value is -2.43. The van der Waals surface area contributed by atoms with E-state index in [9.17, 15) is 4.79 Å². The zero-order valence-corrected chi connectivity index (χ0v) is 11.7. The molecule has 0 saturated carbocycles. The molecule has 0 aliphatic rings. The normalized spacial score (nSPS) is 10.4. The SMILES string of the molecule is COC(=O)c1cncc(Oc2cccc(C(C)C)c2)n1. The van der Waals surface area contributed by atoms with Crippen molar-refractivity contribution in [1.82, 2.24) is 9.97 Å². The minimum Gasteiger partial charge on any atom is -0.464 e. The first-order valence-electron chi connectivity index (χ1n) is 6.28. The van der Waals surface area contributed by atoms with Gasteiger partial charge in [0.25, 0.3) is 0 Å². The quantitative estimate of drug-likeness (QED) is 0.800. The van der Waals surface area contributed by atoms with Crippen LogP contribution in [0.3, 0.4) is 0 Å². The van der Waals surface area contributed by atoms with E-state index in [-0.39, 0.29) is 11.6 Å². The van der Waals surface area contributed by atoms with E-state index >= 15 is 0 Å². The maximum Gasteiger partial charge on any atom is 0.358 e. The number of benzene rings is 1. The molecule has 0 fully saturated rings. The largest absolute Gasteiger partial charge is 0.464 e. The smallest absolute Gasteiger partial charge is 0.358 e. The molecule has 0 N–H and O–H groups in total. The predicted octanol–water partition coefficient (Wildman–Crippen LogP) is 3.18. The fourth-order valence-electron chi connectivity index (χ4n) is 1.66. The molecule has 0 amide bonds. The van der Waals surface area contributed by atoms with Gasteiger partial charge >= 0.3 is 5.97 Å². The number of nitrogens with zero attached hydrogens (tertiary/aromatic N) is 2. The van der Waals surface area contributed by atoms with Gasteiger partial charge in [-0.05, 0) is 23.6 Å². The van der Waals surface area contributed by atoms with Crippen LogP contribution >= 0.6 is 0 Å². The molecule has 104 valence electrons. The number of ether oxygens (including phenoxy) is 2. The topological polar surface area (TPSA) is 61.3 Å². The lowest BCUT2D eigenvalue weighted by molar-refractivity contribution is 0.0592. The van der Waals surface area contributed by atoms with Crippen molar-refractivity contribution in [2.45, 2.75) is 19.8 Å². The van der Waals surface area contributed by atoms with Gasteiger partial charge in [0, 0.05) is 0 Å². The number of esters is 1. The van der Waals surface area contributed by atoms with Gasteiger partial charge in [-0.2, -0.15) is 0 Å². The molecule has 0 unspecified atom stereocenters.